The lowest BCUT2D eigenvalue weighted by atomic mass is 9.99. The normalized spacial score (nSPS) is 17.7. The largest absolute Gasteiger partial charge is 0.396 e. The van der Waals surface area contributed by atoms with Crippen LogP contribution in [0.15, 0.2) is 48.7 Å². The van der Waals surface area contributed by atoms with Gasteiger partial charge < -0.3 is 5.11 Å². The second kappa shape index (κ2) is 10.3. The molecule has 3 N–H and O–H groups in total. The van der Waals surface area contributed by atoms with Gasteiger partial charge in [0, 0.05) is 36.7 Å². The van der Waals surface area contributed by atoms with Crippen LogP contribution in [0.5, 0.6) is 0 Å². The van der Waals surface area contributed by atoms with Crippen molar-refractivity contribution in [2.75, 3.05) is 19.7 Å². The number of aliphatic hydroxyl groups is 1. The molecule has 2 atom stereocenters. The molecule has 4 rings (SSSR count). The number of aryl methyl sites for hydroxylation is 1. The number of hydrogen-bond donors (Lipinski definition) is 3. The first-order valence-corrected chi connectivity index (χ1v) is 11.4. The average Bonchev–Trinajstić information content (AvgIpc) is 3.45. The van der Waals surface area contributed by atoms with Crippen LogP contribution in [0.3, 0.4) is 0 Å². The summed E-state index contributed by atoms with van der Waals surface area (Å²) in [4.78, 5) is 13.8. The molecule has 2 aromatic heterocycles. The first kappa shape index (κ1) is 22.5. The van der Waals surface area contributed by atoms with Gasteiger partial charge >= 0.3 is 0 Å². The highest BCUT2D eigenvalue weighted by Gasteiger charge is 2.27. The summed E-state index contributed by atoms with van der Waals surface area (Å²) in [6.45, 7) is 4.14. The van der Waals surface area contributed by atoms with Crippen molar-refractivity contribution in [3.63, 3.8) is 0 Å². The lowest BCUT2D eigenvalue weighted by Gasteiger charge is -2.25. The van der Waals surface area contributed by atoms with E-state index in [1.54, 1.807) is 5.48 Å². The monoisotopic (exact) mass is 436 g/mol. The number of benzene rings is 1. The zero-order chi connectivity index (χ0) is 22.5. The Morgan fingerprint density at radius 3 is 2.78 bits per heavy atom. The van der Waals surface area contributed by atoms with Gasteiger partial charge in [0.25, 0.3) is 0 Å². The number of aromatic nitrogens is 2. The topological polar surface area (TPSA) is 90.1 Å². The van der Waals surface area contributed by atoms with E-state index in [0.29, 0.717) is 12.5 Å². The average molecular weight is 437 g/mol. The van der Waals surface area contributed by atoms with E-state index in [9.17, 15) is 9.90 Å². The van der Waals surface area contributed by atoms with Gasteiger partial charge in [-0.25, -0.2) is 10.00 Å². The third kappa shape index (κ3) is 4.85. The van der Waals surface area contributed by atoms with Gasteiger partial charge in [-0.3, -0.25) is 14.9 Å². The van der Waals surface area contributed by atoms with Crippen LogP contribution in [0.25, 0.3) is 5.52 Å². The molecular weight excluding hydrogens is 404 g/mol. The number of aliphatic hydroxyl groups excluding tert-OH is 1. The molecule has 3 aromatic rings. The summed E-state index contributed by atoms with van der Waals surface area (Å²) in [7, 11) is 0. The molecular formula is C25H32N4O3. The van der Waals surface area contributed by atoms with Crippen molar-refractivity contribution in [2.24, 2.45) is 0 Å². The summed E-state index contributed by atoms with van der Waals surface area (Å²) in [5.41, 5.74) is 7.43. The summed E-state index contributed by atoms with van der Waals surface area (Å²) in [6.07, 6.45) is 6.08. The Balaban J connectivity index is 1.46. The molecule has 170 valence electrons. The lowest BCUT2D eigenvalue weighted by Crippen LogP contribution is -2.26. The predicted molar refractivity (Wildman–Crippen MR) is 123 cm³/mol. The highest BCUT2D eigenvalue weighted by atomic mass is 16.5. The second-order valence-corrected chi connectivity index (χ2v) is 8.70. The predicted octanol–water partition coefficient (Wildman–Crippen LogP) is 3.25. The van der Waals surface area contributed by atoms with Gasteiger partial charge in [-0.1, -0.05) is 37.3 Å². The van der Waals surface area contributed by atoms with Crippen LogP contribution >= 0.6 is 0 Å². The van der Waals surface area contributed by atoms with Crippen molar-refractivity contribution in [3.05, 3.63) is 71.0 Å². The van der Waals surface area contributed by atoms with Gasteiger partial charge in [0.1, 0.15) is 0 Å². The van der Waals surface area contributed by atoms with E-state index in [2.05, 4.69) is 35.2 Å². The number of likely N-dealkylation sites (tertiary alicyclic amines) is 1. The number of rotatable bonds is 9. The van der Waals surface area contributed by atoms with Crippen LogP contribution in [0.2, 0.25) is 0 Å². The fraction of sp³-hybridized carbons (Fsp3) is 0.440. The van der Waals surface area contributed by atoms with E-state index in [4.69, 9.17) is 10.3 Å². The second-order valence-electron chi connectivity index (χ2n) is 8.70. The summed E-state index contributed by atoms with van der Waals surface area (Å²) >= 11 is 0. The molecule has 0 radical (unpaired) electrons. The number of pyridine rings is 1. The molecule has 1 aliphatic heterocycles. The zero-order valence-electron chi connectivity index (χ0n) is 18.6. The molecule has 3 heterocycles. The number of nitrogens with zero attached hydrogens (tertiary/aromatic N) is 3. The molecule has 7 nitrogen and oxygen atoms in total. The molecule has 7 heteroatoms. The highest BCUT2D eigenvalue weighted by Crippen LogP contribution is 2.33. The maximum atomic E-state index is 11.3. The Morgan fingerprint density at radius 2 is 2.03 bits per heavy atom. The molecule has 1 saturated heterocycles. The molecule has 0 saturated carbocycles. The van der Waals surface area contributed by atoms with Gasteiger partial charge in [-0.05, 0) is 55.5 Å². The van der Waals surface area contributed by atoms with Crippen molar-refractivity contribution < 1.29 is 15.1 Å². The Kier molecular flexibility index (Phi) is 7.19. The van der Waals surface area contributed by atoms with Crippen molar-refractivity contribution in [1.82, 2.24) is 20.0 Å². The third-order valence-electron chi connectivity index (χ3n) is 6.56. The highest BCUT2D eigenvalue weighted by molar-refractivity contribution is 5.74. The summed E-state index contributed by atoms with van der Waals surface area (Å²) in [5, 5.41) is 23.1. The van der Waals surface area contributed by atoms with Crippen LogP contribution in [-0.4, -0.2) is 50.4 Å². The zero-order valence-corrected chi connectivity index (χ0v) is 18.6. The Morgan fingerprint density at radius 1 is 1.22 bits per heavy atom. The summed E-state index contributed by atoms with van der Waals surface area (Å²) in [6, 6.07) is 15.0. The van der Waals surface area contributed by atoms with E-state index in [-0.39, 0.29) is 24.9 Å². The van der Waals surface area contributed by atoms with Crippen molar-refractivity contribution >= 4 is 11.4 Å². The van der Waals surface area contributed by atoms with E-state index < -0.39 is 0 Å². The van der Waals surface area contributed by atoms with E-state index in [1.165, 1.54) is 17.5 Å². The lowest BCUT2D eigenvalue weighted by molar-refractivity contribution is -0.129. The fourth-order valence-electron chi connectivity index (χ4n) is 4.75. The Labute approximate surface area is 188 Å². The van der Waals surface area contributed by atoms with Crippen LogP contribution < -0.4 is 5.48 Å². The van der Waals surface area contributed by atoms with Gasteiger partial charge in [-0.15, -0.1) is 0 Å². The molecule has 0 bridgehead atoms. The standard InChI is InChI=1S/C25H32N4O3/c1-18(17-30)25-21(23-5-2-3-15-29(23)26-25)13-16-28-14-4-6-22(28)20-10-7-19(8-11-20)9-12-24(31)27-32/h2-3,5,7-8,10-11,15,18,22,30,32H,4,6,9,12-14,16-17H2,1H3,(H,27,31). The molecule has 0 aliphatic carbocycles. The van der Waals surface area contributed by atoms with Crippen LogP contribution in [-0.2, 0) is 17.6 Å². The summed E-state index contributed by atoms with van der Waals surface area (Å²) in [5.74, 6) is -0.349. The van der Waals surface area contributed by atoms with E-state index in [1.807, 2.05) is 29.8 Å². The van der Waals surface area contributed by atoms with Crippen molar-refractivity contribution in [2.45, 2.75) is 51.0 Å². The number of hydrogen-bond acceptors (Lipinski definition) is 5. The van der Waals surface area contributed by atoms with Crippen molar-refractivity contribution in [3.8, 4) is 0 Å². The minimum absolute atomic E-state index is 0.0136. The molecule has 32 heavy (non-hydrogen) atoms. The van der Waals surface area contributed by atoms with Gasteiger partial charge in [0.05, 0.1) is 17.8 Å². The number of carbonyl (C=O) groups is 1. The van der Waals surface area contributed by atoms with Gasteiger partial charge in [0.2, 0.25) is 5.91 Å². The maximum Gasteiger partial charge on any atom is 0.243 e. The number of carbonyl (C=O) groups excluding carboxylic acids is 1. The smallest absolute Gasteiger partial charge is 0.243 e. The number of fused-ring (bicyclic) bond motifs is 1. The first-order valence-electron chi connectivity index (χ1n) is 11.4. The molecule has 1 aliphatic rings. The van der Waals surface area contributed by atoms with Crippen LogP contribution in [0.4, 0.5) is 0 Å². The fourth-order valence-corrected chi connectivity index (χ4v) is 4.75. The van der Waals surface area contributed by atoms with E-state index >= 15 is 0 Å². The molecule has 1 aromatic carbocycles. The van der Waals surface area contributed by atoms with E-state index in [0.717, 1.165) is 42.7 Å². The minimum Gasteiger partial charge on any atom is -0.396 e. The molecule has 2 unspecified atom stereocenters. The first-order chi connectivity index (χ1) is 15.6. The maximum absolute atomic E-state index is 11.3. The summed E-state index contributed by atoms with van der Waals surface area (Å²) < 4.78 is 1.92. The number of amides is 1. The Hall–Kier alpha value is -2.74. The third-order valence-corrected chi connectivity index (χ3v) is 6.56. The minimum atomic E-state index is -0.362. The number of hydroxylamine groups is 1. The van der Waals surface area contributed by atoms with Gasteiger partial charge in [0.15, 0.2) is 0 Å². The van der Waals surface area contributed by atoms with Crippen molar-refractivity contribution in [1.29, 1.82) is 0 Å². The molecule has 1 fully saturated rings. The van der Waals surface area contributed by atoms with Crippen LogP contribution in [0.1, 0.15) is 60.5 Å². The molecule has 0 spiro atoms. The number of nitrogens with one attached hydrogen (secondary N) is 1. The quantitative estimate of drug-likeness (QED) is 0.354. The Bertz CT molecular complexity index is 1050. The SMILES string of the molecule is CC(CO)c1nn2ccccc2c1CCN1CCCC1c1ccc(CCC(=O)NO)cc1. The van der Waals surface area contributed by atoms with Crippen LogP contribution in [0, 0.1) is 0 Å². The molecule has 1 amide bonds. The van der Waals surface area contributed by atoms with Gasteiger partial charge in [-0.2, -0.15) is 5.10 Å².